The van der Waals surface area contributed by atoms with E-state index in [1.165, 1.54) is 7.05 Å². The Balaban J connectivity index is 1.64. The van der Waals surface area contributed by atoms with E-state index in [0.29, 0.717) is 11.1 Å². The molecule has 176 valence electrons. The van der Waals surface area contributed by atoms with Gasteiger partial charge in [-0.3, -0.25) is 14.4 Å². The van der Waals surface area contributed by atoms with Gasteiger partial charge in [0, 0.05) is 18.2 Å². The van der Waals surface area contributed by atoms with Crippen LogP contribution in [0.3, 0.4) is 0 Å². The van der Waals surface area contributed by atoms with E-state index in [1.54, 1.807) is 48.5 Å². The fraction of sp³-hybridized carbons (Fsp3) is 0.227. The molecule has 0 saturated heterocycles. The van der Waals surface area contributed by atoms with Crippen LogP contribution in [-0.2, 0) is 27.5 Å². The minimum Gasteiger partial charge on any atom is -0.481 e. The van der Waals surface area contributed by atoms with Crippen LogP contribution in [0.25, 0.3) is 11.4 Å². The largest absolute Gasteiger partial charge is 0.481 e. The number of ketones is 1. The summed E-state index contributed by atoms with van der Waals surface area (Å²) in [6, 6.07) is 14.0. The summed E-state index contributed by atoms with van der Waals surface area (Å²) >= 11 is 0. The third kappa shape index (κ3) is 6.69. The van der Waals surface area contributed by atoms with E-state index in [2.05, 4.69) is 26.0 Å². The highest BCUT2D eigenvalue weighted by Gasteiger charge is 2.25. The maximum Gasteiger partial charge on any atom is 0.408 e. The number of benzene rings is 2. The predicted molar refractivity (Wildman–Crippen MR) is 117 cm³/mol. The lowest BCUT2D eigenvalue weighted by Crippen LogP contribution is -2.44. The lowest BCUT2D eigenvalue weighted by Gasteiger charge is -2.15. The van der Waals surface area contributed by atoms with Crippen LogP contribution in [0.4, 0.5) is 4.79 Å². The van der Waals surface area contributed by atoms with Crippen molar-refractivity contribution in [2.24, 2.45) is 0 Å². The molecule has 0 aliphatic rings. The maximum absolute atomic E-state index is 12.7. The molecule has 12 heteroatoms. The number of nitrogens with zero attached hydrogens (tertiary/aromatic N) is 4. The van der Waals surface area contributed by atoms with Crippen LogP contribution < -0.4 is 10.6 Å². The minimum atomic E-state index is -1.35. The molecule has 1 aromatic heterocycles. The number of nitrogens with one attached hydrogen (secondary N) is 2. The number of carbonyl (C=O) groups is 4. The third-order valence-electron chi connectivity index (χ3n) is 4.63. The number of carboxylic acids is 1. The molecule has 0 radical (unpaired) electrons. The molecule has 0 aliphatic carbocycles. The molecule has 1 heterocycles. The number of hydrogen-bond donors (Lipinski definition) is 3. The molecule has 2 amide bonds. The van der Waals surface area contributed by atoms with Gasteiger partial charge >= 0.3 is 12.1 Å². The number of amides is 2. The van der Waals surface area contributed by atoms with Gasteiger partial charge in [0.2, 0.25) is 5.82 Å². The average molecular weight is 466 g/mol. The molecule has 0 aliphatic heterocycles. The molecule has 0 spiro atoms. The molecule has 0 fully saturated rings. The Bertz CT molecular complexity index is 1180. The van der Waals surface area contributed by atoms with Crippen molar-refractivity contribution in [3.05, 3.63) is 65.7 Å². The second-order valence-corrected chi connectivity index (χ2v) is 7.13. The van der Waals surface area contributed by atoms with Gasteiger partial charge < -0.3 is 20.5 Å². The molecular formula is C22H22N6O6. The second kappa shape index (κ2) is 11.3. The lowest BCUT2D eigenvalue weighted by atomic mass is 10.1. The van der Waals surface area contributed by atoms with Crippen molar-refractivity contribution in [1.29, 1.82) is 0 Å². The Morgan fingerprint density at radius 3 is 2.56 bits per heavy atom. The SMILES string of the molecule is CNC(=O)c1cccc(-c2nnn(CC(=O)C(CC(=O)O)NC(=O)OCc3ccccc3)n2)c1. The summed E-state index contributed by atoms with van der Waals surface area (Å²) in [6.07, 6.45) is -1.57. The Kier molecular flexibility index (Phi) is 8.00. The van der Waals surface area contributed by atoms with Crippen molar-refractivity contribution in [3.63, 3.8) is 0 Å². The zero-order valence-electron chi connectivity index (χ0n) is 18.2. The monoisotopic (exact) mass is 466 g/mol. The van der Waals surface area contributed by atoms with Crippen molar-refractivity contribution in [2.75, 3.05) is 7.05 Å². The number of aliphatic carboxylic acids is 1. The van der Waals surface area contributed by atoms with Gasteiger partial charge in [0.25, 0.3) is 5.91 Å². The molecule has 0 saturated carbocycles. The van der Waals surface area contributed by atoms with E-state index in [-0.39, 0.29) is 18.3 Å². The number of ether oxygens (including phenoxy) is 1. The first-order valence-electron chi connectivity index (χ1n) is 10.2. The normalized spacial score (nSPS) is 11.3. The molecule has 2 aromatic carbocycles. The lowest BCUT2D eigenvalue weighted by molar-refractivity contribution is -0.139. The topological polar surface area (TPSA) is 165 Å². The van der Waals surface area contributed by atoms with Crippen molar-refractivity contribution in [2.45, 2.75) is 25.6 Å². The number of carboxylic acid groups (broad SMARTS) is 1. The van der Waals surface area contributed by atoms with Gasteiger partial charge in [-0.1, -0.05) is 42.5 Å². The van der Waals surface area contributed by atoms with Crippen LogP contribution in [0.15, 0.2) is 54.6 Å². The molecular weight excluding hydrogens is 444 g/mol. The van der Waals surface area contributed by atoms with Gasteiger partial charge in [-0.25, -0.2) is 4.79 Å². The molecule has 34 heavy (non-hydrogen) atoms. The number of carbonyl (C=O) groups excluding carboxylic acids is 3. The van der Waals surface area contributed by atoms with Crippen LogP contribution in [0.1, 0.15) is 22.3 Å². The minimum absolute atomic E-state index is 0.0379. The van der Waals surface area contributed by atoms with E-state index < -0.39 is 36.9 Å². The quantitative estimate of drug-likeness (QED) is 0.396. The number of aromatic nitrogens is 4. The van der Waals surface area contributed by atoms with Gasteiger partial charge in [-0.15, -0.1) is 10.2 Å². The predicted octanol–water partition coefficient (Wildman–Crippen LogP) is 1.04. The summed E-state index contributed by atoms with van der Waals surface area (Å²) in [5, 5.41) is 25.7. The molecule has 1 atom stereocenters. The summed E-state index contributed by atoms with van der Waals surface area (Å²) in [7, 11) is 1.51. The number of Topliss-reactive ketones (excluding diaryl/α,β-unsaturated/α-hetero) is 1. The fourth-order valence-corrected chi connectivity index (χ4v) is 2.95. The maximum atomic E-state index is 12.7. The van der Waals surface area contributed by atoms with Crippen molar-refractivity contribution in [1.82, 2.24) is 30.8 Å². The molecule has 1 unspecified atom stereocenters. The molecule has 3 N–H and O–H groups in total. The highest BCUT2D eigenvalue weighted by Crippen LogP contribution is 2.15. The first kappa shape index (κ1) is 24.0. The third-order valence-corrected chi connectivity index (χ3v) is 4.63. The van der Waals surface area contributed by atoms with Gasteiger partial charge in [-0.05, 0) is 22.9 Å². The molecule has 3 rings (SSSR count). The van der Waals surface area contributed by atoms with Gasteiger partial charge in [0.05, 0.1) is 6.42 Å². The van der Waals surface area contributed by atoms with Gasteiger partial charge in [-0.2, -0.15) is 4.80 Å². The van der Waals surface area contributed by atoms with E-state index >= 15 is 0 Å². The Labute approximate surface area is 193 Å². The van der Waals surface area contributed by atoms with Crippen LogP contribution in [0.2, 0.25) is 0 Å². The summed E-state index contributed by atoms with van der Waals surface area (Å²) in [5.74, 6) is -2.04. The first-order chi connectivity index (χ1) is 16.4. The van der Waals surface area contributed by atoms with Crippen LogP contribution in [0, 0.1) is 0 Å². The molecule has 0 bridgehead atoms. The Hall–Kier alpha value is -4.61. The van der Waals surface area contributed by atoms with Gasteiger partial charge in [0.1, 0.15) is 19.2 Å². The Morgan fingerprint density at radius 2 is 1.85 bits per heavy atom. The number of alkyl carbamates (subject to hydrolysis) is 1. The van der Waals surface area contributed by atoms with Gasteiger partial charge in [0.15, 0.2) is 5.78 Å². The van der Waals surface area contributed by atoms with Crippen molar-refractivity contribution in [3.8, 4) is 11.4 Å². The van der Waals surface area contributed by atoms with E-state index in [9.17, 15) is 19.2 Å². The van der Waals surface area contributed by atoms with Crippen LogP contribution >= 0.6 is 0 Å². The summed E-state index contributed by atoms with van der Waals surface area (Å²) in [4.78, 5) is 48.8. The van der Waals surface area contributed by atoms with Crippen LogP contribution in [0.5, 0.6) is 0 Å². The summed E-state index contributed by atoms with van der Waals surface area (Å²) in [6.45, 7) is -0.469. The Morgan fingerprint density at radius 1 is 1.09 bits per heavy atom. The van der Waals surface area contributed by atoms with Crippen molar-refractivity contribution < 1.29 is 29.0 Å². The number of tetrazole rings is 1. The van der Waals surface area contributed by atoms with E-state index in [4.69, 9.17) is 9.84 Å². The van der Waals surface area contributed by atoms with E-state index in [1.807, 2.05) is 6.07 Å². The fourth-order valence-electron chi connectivity index (χ4n) is 2.95. The smallest absolute Gasteiger partial charge is 0.408 e. The average Bonchev–Trinajstić information content (AvgIpc) is 3.30. The number of rotatable bonds is 10. The first-order valence-corrected chi connectivity index (χ1v) is 10.2. The summed E-state index contributed by atoms with van der Waals surface area (Å²) in [5.41, 5.74) is 1.63. The van der Waals surface area contributed by atoms with E-state index in [0.717, 1.165) is 10.4 Å². The number of hydrogen-bond acceptors (Lipinski definition) is 8. The van der Waals surface area contributed by atoms with Crippen LogP contribution in [-0.4, -0.2) is 62.2 Å². The highest BCUT2D eigenvalue weighted by atomic mass is 16.5. The van der Waals surface area contributed by atoms with Crippen molar-refractivity contribution >= 4 is 23.8 Å². The molecule has 12 nitrogen and oxygen atoms in total. The zero-order valence-corrected chi connectivity index (χ0v) is 18.2. The highest BCUT2D eigenvalue weighted by molar-refractivity contribution is 5.95. The standard InChI is InChI=1S/C22H22N6O6/c1-23-21(32)16-9-5-8-15(10-16)20-25-27-28(26-20)12-18(29)17(11-19(30)31)24-22(33)34-13-14-6-3-2-4-7-14/h2-10,17H,11-13H2,1H3,(H,23,32)(H,24,33)(H,30,31). The summed E-state index contributed by atoms with van der Waals surface area (Å²) < 4.78 is 5.06. The second-order valence-electron chi connectivity index (χ2n) is 7.13. The molecule has 3 aromatic rings. The zero-order chi connectivity index (χ0) is 24.5.